The van der Waals surface area contributed by atoms with Crippen LogP contribution in [0.4, 0.5) is 0 Å². The van der Waals surface area contributed by atoms with Crippen molar-refractivity contribution in [2.45, 2.75) is 25.7 Å². The topological polar surface area (TPSA) is 18.5 Å². The molecule has 4 heteroatoms. The van der Waals surface area contributed by atoms with E-state index in [4.69, 9.17) is 9.47 Å². The van der Waals surface area contributed by atoms with E-state index >= 15 is 0 Å². The largest absolute Gasteiger partial charge is 0.493 e. The Hall–Kier alpha value is -4.22. The van der Waals surface area contributed by atoms with Crippen molar-refractivity contribution in [2.24, 2.45) is 0 Å². The van der Waals surface area contributed by atoms with Gasteiger partial charge in [-0.3, -0.25) is 0 Å². The van der Waals surface area contributed by atoms with Gasteiger partial charge in [0.05, 0.1) is 13.2 Å². The molecule has 0 aliphatic carbocycles. The van der Waals surface area contributed by atoms with E-state index in [1.165, 1.54) is 31.8 Å². The van der Waals surface area contributed by atoms with Crippen molar-refractivity contribution in [1.82, 2.24) is 0 Å². The van der Waals surface area contributed by atoms with Gasteiger partial charge in [0.1, 0.15) is 11.5 Å². The van der Waals surface area contributed by atoms with Crippen molar-refractivity contribution < 1.29 is 9.47 Å². The molecule has 0 unspecified atom stereocenters. The molecule has 0 N–H and O–H groups in total. The molecule has 1 aliphatic rings. The van der Waals surface area contributed by atoms with Gasteiger partial charge in [-0.15, -0.1) is 0 Å². The number of rotatable bonds is 6. The number of hydrogen-bond acceptors (Lipinski definition) is 2. The maximum Gasteiger partial charge on any atom is 0.127 e. The summed E-state index contributed by atoms with van der Waals surface area (Å²) in [7, 11) is -1.80. The van der Waals surface area contributed by atoms with Gasteiger partial charge in [-0.05, 0) is 85.5 Å². The Balaban J connectivity index is 1.55. The first-order valence-corrected chi connectivity index (χ1v) is 18.9. The van der Waals surface area contributed by atoms with Crippen LogP contribution in [0, 0.1) is 0 Å². The zero-order valence-corrected chi connectivity index (χ0v) is 27.8. The molecular formula is C42H38O2P2. The summed E-state index contributed by atoms with van der Waals surface area (Å²) in [6.07, 6.45) is 4.34. The van der Waals surface area contributed by atoms with E-state index in [1.807, 2.05) is 0 Å². The van der Waals surface area contributed by atoms with E-state index < -0.39 is 15.8 Å². The number of benzene rings is 6. The van der Waals surface area contributed by atoms with Crippen LogP contribution in [-0.2, 0) is 0 Å². The van der Waals surface area contributed by atoms with Crippen LogP contribution >= 0.6 is 15.8 Å². The SMILES string of the molecule is c1ccc(P(c2ccccc2)c2cccc3c2-c2c(cccc2P(c2ccccc2)c2ccccc2)OCCCCCCO3)cc1. The highest BCUT2D eigenvalue weighted by Crippen LogP contribution is 2.47. The minimum absolute atomic E-state index is 0.704. The highest BCUT2D eigenvalue weighted by molar-refractivity contribution is 7.80. The molecule has 228 valence electrons. The predicted octanol–water partition coefficient (Wildman–Crippen LogP) is 8.20. The first-order valence-electron chi connectivity index (χ1n) is 16.2. The Morgan fingerprint density at radius 1 is 0.326 bits per heavy atom. The molecule has 0 aromatic heterocycles. The fourth-order valence-corrected chi connectivity index (χ4v) is 11.2. The molecule has 0 atom stereocenters. The molecule has 6 aromatic rings. The van der Waals surface area contributed by atoms with E-state index in [-0.39, 0.29) is 0 Å². The maximum atomic E-state index is 6.79. The molecule has 1 heterocycles. The second-order valence-corrected chi connectivity index (χ2v) is 15.8. The second kappa shape index (κ2) is 14.9. The Morgan fingerprint density at radius 3 is 0.978 bits per heavy atom. The van der Waals surface area contributed by atoms with Crippen LogP contribution in [0.5, 0.6) is 11.5 Å². The van der Waals surface area contributed by atoms with Gasteiger partial charge in [0, 0.05) is 11.1 Å². The molecule has 46 heavy (non-hydrogen) atoms. The summed E-state index contributed by atoms with van der Waals surface area (Å²) in [5.74, 6) is 1.87. The molecule has 0 spiro atoms. The lowest BCUT2D eigenvalue weighted by Gasteiger charge is -2.29. The van der Waals surface area contributed by atoms with Crippen LogP contribution in [0.2, 0.25) is 0 Å². The number of hydrogen-bond donors (Lipinski definition) is 0. The fourth-order valence-electron chi connectivity index (χ4n) is 6.24. The zero-order valence-electron chi connectivity index (χ0n) is 26.0. The minimum atomic E-state index is -0.901. The fraction of sp³-hybridized carbons (Fsp3) is 0.143. The smallest absolute Gasteiger partial charge is 0.127 e. The maximum absolute atomic E-state index is 6.79. The van der Waals surface area contributed by atoms with Gasteiger partial charge in [0.15, 0.2) is 0 Å². The van der Waals surface area contributed by atoms with E-state index in [2.05, 4.69) is 158 Å². The van der Waals surface area contributed by atoms with Gasteiger partial charge >= 0.3 is 0 Å². The van der Waals surface area contributed by atoms with Crippen molar-refractivity contribution in [1.29, 1.82) is 0 Å². The normalized spacial score (nSPS) is 13.4. The third-order valence-corrected chi connectivity index (χ3v) is 13.3. The molecule has 0 amide bonds. The Kier molecular flexibility index (Phi) is 9.87. The highest BCUT2D eigenvalue weighted by Gasteiger charge is 2.30. The lowest BCUT2D eigenvalue weighted by atomic mass is 10.0. The lowest BCUT2D eigenvalue weighted by Crippen LogP contribution is -2.26. The summed E-state index contributed by atoms with van der Waals surface area (Å²) in [6.45, 7) is 1.41. The third-order valence-electron chi connectivity index (χ3n) is 8.35. The Morgan fingerprint density at radius 2 is 0.652 bits per heavy atom. The third kappa shape index (κ3) is 6.66. The van der Waals surface area contributed by atoms with E-state index in [9.17, 15) is 0 Å². The van der Waals surface area contributed by atoms with Crippen LogP contribution in [-0.4, -0.2) is 13.2 Å². The van der Waals surface area contributed by atoms with Gasteiger partial charge in [-0.1, -0.05) is 146 Å². The van der Waals surface area contributed by atoms with Gasteiger partial charge in [-0.25, -0.2) is 0 Å². The van der Waals surface area contributed by atoms with Crippen molar-refractivity contribution in [2.75, 3.05) is 13.2 Å². The van der Waals surface area contributed by atoms with Crippen molar-refractivity contribution in [3.8, 4) is 22.6 Å². The Labute approximate surface area is 275 Å². The molecule has 6 aromatic carbocycles. The monoisotopic (exact) mass is 636 g/mol. The summed E-state index contributed by atoms with van der Waals surface area (Å²) >= 11 is 0. The number of fused-ring (bicyclic) bond motifs is 3. The van der Waals surface area contributed by atoms with E-state index in [1.54, 1.807) is 0 Å². The summed E-state index contributed by atoms with van der Waals surface area (Å²) in [4.78, 5) is 0. The lowest BCUT2D eigenvalue weighted by molar-refractivity contribution is 0.285. The van der Waals surface area contributed by atoms with E-state index in [0.717, 1.165) is 48.3 Å². The van der Waals surface area contributed by atoms with Crippen molar-refractivity contribution >= 4 is 47.7 Å². The quantitative estimate of drug-likeness (QED) is 0.172. The standard InChI is InChI=1S/C42H38O2P2/c1-2-16-32-44-38-28-18-30-40(46(35-23-11-5-12-24-35)36-25-13-6-14-26-36)42(38)41-37(43-31-15-1)27-17-29-39(41)45(33-19-7-3-8-20-33)34-21-9-4-10-22-34/h3-14,17-30H,1-2,15-16,31-32H2. The summed E-state index contributed by atoms with van der Waals surface area (Å²) in [6, 6.07) is 57.3. The van der Waals surface area contributed by atoms with Crippen LogP contribution in [0.25, 0.3) is 11.1 Å². The minimum Gasteiger partial charge on any atom is -0.493 e. The molecular weight excluding hydrogens is 598 g/mol. The molecule has 0 fully saturated rings. The summed E-state index contributed by atoms with van der Waals surface area (Å²) < 4.78 is 13.6. The van der Waals surface area contributed by atoms with Crippen LogP contribution in [0.15, 0.2) is 158 Å². The van der Waals surface area contributed by atoms with Crippen LogP contribution < -0.4 is 41.3 Å². The molecule has 2 nitrogen and oxygen atoms in total. The van der Waals surface area contributed by atoms with Gasteiger partial charge < -0.3 is 9.47 Å². The van der Waals surface area contributed by atoms with Crippen LogP contribution in [0.3, 0.4) is 0 Å². The molecule has 0 saturated carbocycles. The average Bonchev–Trinajstić information content (AvgIpc) is 3.11. The van der Waals surface area contributed by atoms with Gasteiger partial charge in [-0.2, -0.15) is 0 Å². The van der Waals surface area contributed by atoms with Crippen molar-refractivity contribution in [3.05, 3.63) is 158 Å². The van der Waals surface area contributed by atoms with Gasteiger partial charge in [0.2, 0.25) is 0 Å². The summed E-state index contributed by atoms with van der Waals surface area (Å²) in [5, 5.41) is 7.84. The predicted molar refractivity (Wildman–Crippen MR) is 199 cm³/mol. The molecule has 0 saturated heterocycles. The van der Waals surface area contributed by atoms with Crippen molar-refractivity contribution in [3.63, 3.8) is 0 Å². The molecule has 0 bridgehead atoms. The molecule has 0 radical (unpaired) electrons. The van der Waals surface area contributed by atoms with E-state index in [0.29, 0.717) is 13.2 Å². The zero-order chi connectivity index (χ0) is 31.0. The second-order valence-electron chi connectivity index (χ2n) is 11.4. The number of ether oxygens (including phenoxy) is 2. The highest BCUT2D eigenvalue weighted by atomic mass is 31.1. The van der Waals surface area contributed by atoms with Crippen LogP contribution in [0.1, 0.15) is 25.7 Å². The Bertz CT molecular complexity index is 1630. The first kappa shape index (κ1) is 30.4. The molecule has 7 rings (SSSR count). The summed E-state index contributed by atoms with van der Waals surface area (Å²) in [5.41, 5.74) is 2.32. The van der Waals surface area contributed by atoms with Gasteiger partial charge in [0.25, 0.3) is 0 Å². The average molecular weight is 637 g/mol. The molecule has 1 aliphatic heterocycles. The first-order chi connectivity index (χ1) is 22.9.